The molecule has 0 aliphatic carbocycles. The topological polar surface area (TPSA) is 95.7 Å². The number of rotatable bonds is 7. The number of nitrogens with zero attached hydrogens (tertiary/aromatic N) is 1. The normalized spacial score (nSPS) is 10.6. The number of benzene rings is 3. The minimum absolute atomic E-state index is 0.0161. The summed E-state index contributed by atoms with van der Waals surface area (Å²) in [5, 5.41) is 11.0. The lowest BCUT2D eigenvalue weighted by Gasteiger charge is -2.09. The highest BCUT2D eigenvalue weighted by Gasteiger charge is 2.17. The molecular formula is C23H16ClNO6. The highest BCUT2D eigenvalue weighted by molar-refractivity contribution is 6.31. The Bertz CT molecular complexity index is 1170. The summed E-state index contributed by atoms with van der Waals surface area (Å²) in [7, 11) is 1.53. The van der Waals surface area contributed by atoms with Crippen molar-refractivity contribution < 1.29 is 24.0 Å². The van der Waals surface area contributed by atoms with E-state index >= 15 is 0 Å². The number of methoxy groups -OCH3 is 1. The van der Waals surface area contributed by atoms with Crippen LogP contribution in [0, 0.1) is 10.1 Å². The molecule has 0 saturated carbocycles. The minimum atomic E-state index is -0.764. The summed E-state index contributed by atoms with van der Waals surface area (Å²) in [5.41, 5.74) is 0.739. The maximum Gasteiger partial charge on any atom is 0.343 e. The standard InChI is InChI=1S/C23H16ClNO6/c1-30-21-5-3-2-4-15(21)8-12-20(26)19-14-17(24)9-13-22(19)31-23(27)16-6-10-18(11-7-16)25(28)29/h2-14H,1H3/b12-8+. The summed E-state index contributed by atoms with van der Waals surface area (Å²) in [6, 6.07) is 16.4. The van der Waals surface area contributed by atoms with E-state index in [1.165, 1.54) is 55.7 Å². The number of halogens is 1. The van der Waals surface area contributed by atoms with Crippen LogP contribution in [0.25, 0.3) is 6.08 Å². The predicted molar refractivity (Wildman–Crippen MR) is 116 cm³/mol. The summed E-state index contributed by atoms with van der Waals surface area (Å²) >= 11 is 6.03. The van der Waals surface area contributed by atoms with E-state index in [4.69, 9.17) is 21.1 Å². The lowest BCUT2D eigenvalue weighted by Crippen LogP contribution is -2.11. The molecule has 3 aromatic carbocycles. The number of nitro groups is 1. The van der Waals surface area contributed by atoms with Crippen LogP contribution >= 0.6 is 11.6 Å². The first-order valence-corrected chi connectivity index (χ1v) is 9.38. The SMILES string of the molecule is COc1ccccc1/C=C/C(=O)c1cc(Cl)ccc1OC(=O)c1ccc([N+](=O)[O-])cc1. The molecule has 8 heteroatoms. The molecule has 0 radical (unpaired) electrons. The van der Waals surface area contributed by atoms with Crippen LogP contribution < -0.4 is 9.47 Å². The van der Waals surface area contributed by atoms with Crippen LogP contribution in [0.4, 0.5) is 5.69 Å². The summed E-state index contributed by atoms with van der Waals surface area (Å²) in [6.07, 6.45) is 2.91. The van der Waals surface area contributed by atoms with Crippen LogP contribution in [-0.2, 0) is 0 Å². The number of ketones is 1. The lowest BCUT2D eigenvalue weighted by molar-refractivity contribution is -0.384. The third-order valence-electron chi connectivity index (χ3n) is 4.28. The second kappa shape index (κ2) is 9.69. The molecule has 3 aromatic rings. The van der Waals surface area contributed by atoms with Gasteiger partial charge >= 0.3 is 5.97 Å². The average molecular weight is 438 g/mol. The molecule has 0 N–H and O–H groups in total. The third kappa shape index (κ3) is 5.34. The highest BCUT2D eigenvalue weighted by Crippen LogP contribution is 2.26. The van der Waals surface area contributed by atoms with Crippen molar-refractivity contribution >= 4 is 35.1 Å². The largest absolute Gasteiger partial charge is 0.496 e. The Hall–Kier alpha value is -3.97. The van der Waals surface area contributed by atoms with Gasteiger partial charge in [-0.1, -0.05) is 29.8 Å². The van der Waals surface area contributed by atoms with Gasteiger partial charge in [0.2, 0.25) is 0 Å². The number of para-hydroxylation sites is 1. The molecular weight excluding hydrogens is 422 g/mol. The van der Waals surface area contributed by atoms with Crippen molar-refractivity contribution in [1.29, 1.82) is 0 Å². The van der Waals surface area contributed by atoms with Gasteiger partial charge in [0.05, 0.1) is 23.2 Å². The second-order valence-electron chi connectivity index (χ2n) is 6.27. The van der Waals surface area contributed by atoms with Crippen molar-refractivity contribution in [3.05, 3.63) is 105 Å². The van der Waals surface area contributed by atoms with E-state index in [-0.39, 0.29) is 22.6 Å². The summed E-state index contributed by atoms with van der Waals surface area (Å²) in [5.74, 6) is -0.579. The maximum absolute atomic E-state index is 12.8. The van der Waals surface area contributed by atoms with Gasteiger partial charge in [-0.3, -0.25) is 14.9 Å². The fourth-order valence-corrected chi connectivity index (χ4v) is 2.89. The number of hydrogen-bond acceptors (Lipinski definition) is 6. The van der Waals surface area contributed by atoms with Gasteiger partial charge in [-0.25, -0.2) is 4.79 Å². The smallest absolute Gasteiger partial charge is 0.343 e. The first-order chi connectivity index (χ1) is 14.9. The summed E-state index contributed by atoms with van der Waals surface area (Å²) in [4.78, 5) is 35.4. The number of carbonyl (C=O) groups is 2. The number of esters is 1. The van der Waals surface area contributed by atoms with Crippen molar-refractivity contribution in [2.45, 2.75) is 0 Å². The Morgan fingerprint density at radius 1 is 1.00 bits per heavy atom. The van der Waals surface area contributed by atoms with E-state index in [0.717, 1.165) is 0 Å². The van der Waals surface area contributed by atoms with Gasteiger partial charge in [-0.2, -0.15) is 0 Å². The molecule has 7 nitrogen and oxygen atoms in total. The van der Waals surface area contributed by atoms with Gasteiger partial charge in [0.1, 0.15) is 11.5 Å². The number of hydrogen-bond donors (Lipinski definition) is 0. The predicted octanol–water partition coefficient (Wildman–Crippen LogP) is 5.37. The van der Waals surface area contributed by atoms with E-state index < -0.39 is 16.7 Å². The molecule has 0 aliphatic rings. The van der Waals surface area contributed by atoms with Crippen LogP contribution in [0.3, 0.4) is 0 Å². The highest BCUT2D eigenvalue weighted by atomic mass is 35.5. The van der Waals surface area contributed by atoms with Gasteiger partial charge in [-0.15, -0.1) is 0 Å². The van der Waals surface area contributed by atoms with Crippen LogP contribution in [0.5, 0.6) is 11.5 Å². The van der Waals surface area contributed by atoms with Gasteiger partial charge in [0, 0.05) is 22.7 Å². The number of nitro benzene ring substituents is 1. The van der Waals surface area contributed by atoms with Gasteiger partial charge < -0.3 is 9.47 Å². The number of ether oxygens (including phenoxy) is 2. The molecule has 3 rings (SSSR count). The monoisotopic (exact) mass is 437 g/mol. The minimum Gasteiger partial charge on any atom is -0.496 e. The first kappa shape index (κ1) is 21.7. The molecule has 31 heavy (non-hydrogen) atoms. The summed E-state index contributed by atoms with van der Waals surface area (Å²) in [6.45, 7) is 0. The number of allylic oxidation sites excluding steroid dienone is 1. The van der Waals surface area contributed by atoms with Crippen LogP contribution in [0.2, 0.25) is 5.02 Å². The maximum atomic E-state index is 12.8. The molecule has 0 spiro atoms. The van der Waals surface area contributed by atoms with Crippen molar-refractivity contribution in [2.75, 3.05) is 7.11 Å². The number of non-ortho nitro benzene ring substituents is 1. The first-order valence-electron chi connectivity index (χ1n) is 9.00. The average Bonchev–Trinajstić information content (AvgIpc) is 2.78. The molecule has 0 amide bonds. The zero-order valence-corrected chi connectivity index (χ0v) is 17.0. The Morgan fingerprint density at radius 3 is 2.39 bits per heavy atom. The summed E-state index contributed by atoms with van der Waals surface area (Å²) < 4.78 is 10.6. The van der Waals surface area contributed by atoms with Crippen molar-refractivity contribution in [1.82, 2.24) is 0 Å². The Morgan fingerprint density at radius 2 is 1.71 bits per heavy atom. The fraction of sp³-hybridized carbons (Fsp3) is 0.0435. The Labute approximate surface area is 182 Å². The number of carbonyl (C=O) groups excluding carboxylic acids is 2. The van der Waals surface area contributed by atoms with Gasteiger partial charge in [-0.05, 0) is 48.6 Å². The van der Waals surface area contributed by atoms with E-state index in [2.05, 4.69) is 0 Å². The second-order valence-corrected chi connectivity index (χ2v) is 6.71. The van der Waals surface area contributed by atoms with Crippen LogP contribution in [0.15, 0.2) is 72.8 Å². The van der Waals surface area contributed by atoms with Crippen LogP contribution in [0.1, 0.15) is 26.3 Å². The molecule has 0 atom stereocenters. The lowest BCUT2D eigenvalue weighted by atomic mass is 10.1. The quantitative estimate of drug-likeness (QED) is 0.123. The van der Waals surface area contributed by atoms with E-state index in [1.807, 2.05) is 12.1 Å². The molecule has 0 heterocycles. The van der Waals surface area contributed by atoms with E-state index in [0.29, 0.717) is 16.3 Å². The Balaban J connectivity index is 1.84. The molecule has 0 bridgehead atoms. The Kier molecular flexibility index (Phi) is 6.79. The van der Waals surface area contributed by atoms with Crippen molar-refractivity contribution in [3.63, 3.8) is 0 Å². The molecule has 0 unspecified atom stereocenters. The zero-order chi connectivity index (χ0) is 22.4. The molecule has 0 aliphatic heterocycles. The third-order valence-corrected chi connectivity index (χ3v) is 4.51. The molecule has 0 saturated heterocycles. The molecule has 0 aromatic heterocycles. The van der Waals surface area contributed by atoms with Crippen LogP contribution in [-0.4, -0.2) is 23.8 Å². The van der Waals surface area contributed by atoms with E-state index in [9.17, 15) is 19.7 Å². The van der Waals surface area contributed by atoms with Gasteiger partial charge in [0.25, 0.3) is 5.69 Å². The van der Waals surface area contributed by atoms with Gasteiger partial charge in [0.15, 0.2) is 5.78 Å². The van der Waals surface area contributed by atoms with E-state index in [1.54, 1.807) is 18.2 Å². The zero-order valence-electron chi connectivity index (χ0n) is 16.3. The molecule has 156 valence electrons. The van der Waals surface area contributed by atoms with Crippen molar-refractivity contribution in [2.24, 2.45) is 0 Å². The fourth-order valence-electron chi connectivity index (χ4n) is 2.72. The molecule has 0 fully saturated rings. The van der Waals surface area contributed by atoms with Crippen molar-refractivity contribution in [3.8, 4) is 11.5 Å².